The van der Waals surface area contributed by atoms with Gasteiger partial charge in [0.1, 0.15) is 5.82 Å². The van der Waals surface area contributed by atoms with Crippen molar-refractivity contribution in [2.45, 2.75) is 39.2 Å². The second-order valence-electron chi connectivity index (χ2n) is 4.74. The lowest BCUT2D eigenvalue weighted by Gasteiger charge is -2.30. The predicted octanol–water partition coefficient (Wildman–Crippen LogP) is 2.74. The Morgan fingerprint density at radius 3 is 2.82 bits per heavy atom. The highest BCUT2D eigenvalue weighted by molar-refractivity contribution is 5.48. The van der Waals surface area contributed by atoms with Crippen molar-refractivity contribution in [3.05, 3.63) is 23.9 Å². The maximum Gasteiger partial charge on any atom is 0.133 e. The summed E-state index contributed by atoms with van der Waals surface area (Å²) in [6.07, 6.45) is 5.87. The smallest absolute Gasteiger partial charge is 0.133 e. The first-order chi connectivity index (χ1) is 8.33. The first kappa shape index (κ1) is 12.4. The van der Waals surface area contributed by atoms with Crippen LogP contribution in [0, 0.1) is 0 Å². The molecule has 1 N–H and O–H groups in total. The molecule has 1 aromatic rings. The van der Waals surface area contributed by atoms with E-state index < -0.39 is 0 Å². The summed E-state index contributed by atoms with van der Waals surface area (Å²) in [5.41, 5.74) is 1.33. The number of piperidine rings is 1. The number of pyridine rings is 1. The van der Waals surface area contributed by atoms with E-state index in [0.717, 1.165) is 19.6 Å². The molecule has 1 aromatic heterocycles. The largest absolute Gasteiger partial charge is 0.356 e. The second kappa shape index (κ2) is 6.01. The first-order valence-corrected chi connectivity index (χ1v) is 6.76. The van der Waals surface area contributed by atoms with Gasteiger partial charge in [0.15, 0.2) is 0 Å². The number of hydrogen-bond acceptors (Lipinski definition) is 3. The van der Waals surface area contributed by atoms with Crippen LogP contribution in [0.5, 0.6) is 0 Å². The van der Waals surface area contributed by atoms with Gasteiger partial charge in [-0.3, -0.25) is 0 Å². The average molecular weight is 233 g/mol. The van der Waals surface area contributed by atoms with Gasteiger partial charge in [-0.2, -0.15) is 0 Å². The number of anilines is 1. The van der Waals surface area contributed by atoms with Crippen molar-refractivity contribution in [3.63, 3.8) is 0 Å². The zero-order valence-corrected chi connectivity index (χ0v) is 10.9. The summed E-state index contributed by atoms with van der Waals surface area (Å²) in [5.74, 6) is 1.18. The Kier molecular flexibility index (Phi) is 4.37. The number of hydrogen-bond donors (Lipinski definition) is 1. The topological polar surface area (TPSA) is 28.2 Å². The molecule has 2 heterocycles. The molecule has 3 nitrogen and oxygen atoms in total. The molecule has 1 unspecified atom stereocenters. The monoisotopic (exact) mass is 233 g/mol. The Morgan fingerprint density at radius 1 is 1.35 bits per heavy atom. The molecule has 0 saturated carbocycles. The maximum atomic E-state index is 4.59. The number of aromatic nitrogens is 1. The summed E-state index contributed by atoms with van der Waals surface area (Å²) in [4.78, 5) is 7.03. The lowest BCUT2D eigenvalue weighted by Crippen LogP contribution is -2.32. The first-order valence-electron chi connectivity index (χ1n) is 6.76. The van der Waals surface area contributed by atoms with E-state index in [-0.39, 0.29) is 0 Å². The van der Waals surface area contributed by atoms with Crippen LogP contribution in [-0.2, 0) is 0 Å². The van der Waals surface area contributed by atoms with Crippen LogP contribution in [0.15, 0.2) is 18.3 Å². The van der Waals surface area contributed by atoms with Crippen LogP contribution in [-0.4, -0.2) is 24.6 Å². The molecule has 0 amide bonds. The van der Waals surface area contributed by atoms with E-state index in [9.17, 15) is 0 Å². The van der Waals surface area contributed by atoms with Crippen molar-refractivity contribution in [2.24, 2.45) is 0 Å². The van der Waals surface area contributed by atoms with Gasteiger partial charge in [0.25, 0.3) is 0 Å². The van der Waals surface area contributed by atoms with Crippen LogP contribution in [0.1, 0.15) is 44.7 Å². The summed E-state index contributed by atoms with van der Waals surface area (Å²) in [6, 6.07) is 4.62. The van der Waals surface area contributed by atoms with Gasteiger partial charge in [0, 0.05) is 30.9 Å². The Balaban J connectivity index is 2.19. The van der Waals surface area contributed by atoms with Gasteiger partial charge in [-0.05, 0) is 38.8 Å². The molecule has 0 radical (unpaired) electrons. The standard InChI is InChI=1S/C14H23N3/c1-3-15-12(2)13-8-7-9-16-14(13)17-10-5-4-6-11-17/h7-9,12,15H,3-6,10-11H2,1-2H3. The molecule has 2 rings (SSSR count). The lowest BCUT2D eigenvalue weighted by molar-refractivity contribution is 0.558. The molecule has 1 fully saturated rings. The van der Waals surface area contributed by atoms with Gasteiger partial charge >= 0.3 is 0 Å². The summed E-state index contributed by atoms with van der Waals surface area (Å²) < 4.78 is 0. The van der Waals surface area contributed by atoms with E-state index in [0.29, 0.717) is 6.04 Å². The average Bonchev–Trinajstić information content (AvgIpc) is 2.40. The highest BCUT2D eigenvalue weighted by Crippen LogP contribution is 2.26. The highest BCUT2D eigenvalue weighted by Gasteiger charge is 2.17. The minimum absolute atomic E-state index is 0.380. The van der Waals surface area contributed by atoms with Crippen LogP contribution < -0.4 is 10.2 Å². The molecular weight excluding hydrogens is 210 g/mol. The molecule has 1 atom stereocenters. The van der Waals surface area contributed by atoms with Gasteiger partial charge in [-0.15, -0.1) is 0 Å². The van der Waals surface area contributed by atoms with Crippen molar-refractivity contribution < 1.29 is 0 Å². The van der Waals surface area contributed by atoms with E-state index in [1.165, 1.54) is 30.6 Å². The molecule has 0 aliphatic carbocycles. The fourth-order valence-electron chi connectivity index (χ4n) is 2.53. The summed E-state index contributed by atoms with van der Waals surface area (Å²) >= 11 is 0. The van der Waals surface area contributed by atoms with Crippen LogP contribution in [0.2, 0.25) is 0 Å². The number of nitrogens with one attached hydrogen (secondary N) is 1. The summed E-state index contributed by atoms with van der Waals surface area (Å²) in [7, 11) is 0. The Bertz CT molecular complexity index is 345. The zero-order valence-electron chi connectivity index (χ0n) is 10.9. The normalized spacial score (nSPS) is 18.1. The predicted molar refractivity (Wildman–Crippen MR) is 72.4 cm³/mol. The second-order valence-corrected chi connectivity index (χ2v) is 4.74. The van der Waals surface area contributed by atoms with Gasteiger partial charge in [0.2, 0.25) is 0 Å². The van der Waals surface area contributed by atoms with Crippen LogP contribution in [0.4, 0.5) is 5.82 Å². The van der Waals surface area contributed by atoms with E-state index in [1.54, 1.807) is 0 Å². The molecule has 94 valence electrons. The van der Waals surface area contributed by atoms with E-state index >= 15 is 0 Å². The van der Waals surface area contributed by atoms with E-state index in [1.807, 2.05) is 12.3 Å². The molecular formula is C14H23N3. The number of nitrogens with zero attached hydrogens (tertiary/aromatic N) is 2. The molecule has 1 saturated heterocycles. The SMILES string of the molecule is CCNC(C)c1cccnc1N1CCCCC1. The van der Waals surface area contributed by atoms with Gasteiger partial charge in [-0.1, -0.05) is 13.0 Å². The van der Waals surface area contributed by atoms with E-state index in [2.05, 4.69) is 35.1 Å². The molecule has 0 spiro atoms. The van der Waals surface area contributed by atoms with Crippen LogP contribution in [0.3, 0.4) is 0 Å². The lowest BCUT2D eigenvalue weighted by atomic mass is 10.1. The molecule has 1 aliphatic rings. The number of rotatable bonds is 4. The third-order valence-electron chi connectivity index (χ3n) is 3.45. The highest BCUT2D eigenvalue weighted by atomic mass is 15.2. The third-order valence-corrected chi connectivity index (χ3v) is 3.45. The molecule has 1 aliphatic heterocycles. The van der Waals surface area contributed by atoms with Gasteiger partial charge < -0.3 is 10.2 Å². The fourth-order valence-corrected chi connectivity index (χ4v) is 2.53. The van der Waals surface area contributed by atoms with E-state index in [4.69, 9.17) is 0 Å². The van der Waals surface area contributed by atoms with Gasteiger partial charge in [0.05, 0.1) is 0 Å². The molecule has 3 heteroatoms. The molecule has 0 aromatic carbocycles. The van der Waals surface area contributed by atoms with Crippen molar-refractivity contribution in [1.82, 2.24) is 10.3 Å². The summed E-state index contributed by atoms with van der Waals surface area (Å²) in [6.45, 7) is 7.67. The Hall–Kier alpha value is -1.09. The van der Waals surface area contributed by atoms with Crippen molar-refractivity contribution >= 4 is 5.82 Å². The fraction of sp³-hybridized carbons (Fsp3) is 0.643. The van der Waals surface area contributed by atoms with Crippen molar-refractivity contribution in [1.29, 1.82) is 0 Å². The summed E-state index contributed by atoms with van der Waals surface area (Å²) in [5, 5.41) is 3.47. The molecule has 17 heavy (non-hydrogen) atoms. The zero-order chi connectivity index (χ0) is 12.1. The van der Waals surface area contributed by atoms with Crippen molar-refractivity contribution in [3.8, 4) is 0 Å². The minimum atomic E-state index is 0.380. The van der Waals surface area contributed by atoms with Crippen LogP contribution >= 0.6 is 0 Å². The quantitative estimate of drug-likeness (QED) is 0.866. The van der Waals surface area contributed by atoms with Gasteiger partial charge in [-0.25, -0.2) is 4.98 Å². The third kappa shape index (κ3) is 2.97. The Morgan fingerprint density at radius 2 is 2.12 bits per heavy atom. The van der Waals surface area contributed by atoms with Crippen LogP contribution in [0.25, 0.3) is 0 Å². The minimum Gasteiger partial charge on any atom is -0.356 e. The van der Waals surface area contributed by atoms with Crippen molar-refractivity contribution in [2.75, 3.05) is 24.5 Å². The maximum absolute atomic E-state index is 4.59. The Labute approximate surface area is 104 Å². The molecule has 0 bridgehead atoms.